The molecule has 0 unspecified atom stereocenters. The van der Waals surface area contributed by atoms with Crippen molar-refractivity contribution in [2.45, 2.75) is 0 Å². The molecule has 0 radical (unpaired) electrons. The van der Waals surface area contributed by atoms with Gasteiger partial charge in [0.05, 0.1) is 66.2 Å². The number of para-hydroxylation sites is 8. The van der Waals surface area contributed by atoms with E-state index < -0.39 is 0 Å². The van der Waals surface area contributed by atoms with Crippen LogP contribution in [0.2, 0.25) is 0 Å². The van der Waals surface area contributed by atoms with Crippen molar-refractivity contribution >= 4 is 216 Å². The summed E-state index contributed by atoms with van der Waals surface area (Å²) >= 11 is 3.66. The molecule has 0 bridgehead atoms. The molecule has 0 N–H and O–H groups in total. The van der Waals surface area contributed by atoms with Crippen LogP contribution in [0.25, 0.3) is 311 Å². The summed E-state index contributed by atoms with van der Waals surface area (Å²) in [5.41, 5.74) is 34.4. The monoisotopic (exact) mass is 1790 g/mol. The third kappa shape index (κ3) is 10.7. The van der Waals surface area contributed by atoms with E-state index in [1.807, 2.05) is 83.3 Å². The van der Waals surface area contributed by atoms with Crippen molar-refractivity contribution in [3.8, 4) is 118 Å². The largest absolute Gasteiger partial charge is 0.455 e. The molecule has 12 heteroatoms. The molecule has 0 fully saturated rings. The minimum Gasteiger partial charge on any atom is -0.455 e. The van der Waals surface area contributed by atoms with Gasteiger partial charge in [-0.05, 0) is 202 Å². The molecule has 3 aliphatic rings. The van der Waals surface area contributed by atoms with E-state index in [9.17, 15) is 0 Å². The van der Waals surface area contributed by atoms with E-state index in [0.29, 0.717) is 0 Å². The smallest absolute Gasteiger partial charge is 0.165 e. The van der Waals surface area contributed by atoms with Crippen LogP contribution in [0, 0.1) is 0 Å². The normalized spacial score (nSPS) is 12.3. The Labute approximate surface area is 794 Å². The van der Waals surface area contributed by atoms with Gasteiger partial charge in [-0.1, -0.05) is 315 Å². The van der Waals surface area contributed by atoms with Gasteiger partial charge >= 0.3 is 0 Å². The van der Waals surface area contributed by atoms with Crippen LogP contribution in [0.4, 0.5) is 0 Å². The molecule has 636 valence electrons. The fourth-order valence-corrected chi connectivity index (χ4v) is 25.8. The summed E-state index contributed by atoms with van der Waals surface area (Å²) in [6, 6.07) is 150. The van der Waals surface area contributed by atoms with Crippen LogP contribution in [0.15, 0.2) is 423 Å². The lowest BCUT2D eigenvalue weighted by molar-refractivity contribution is 0.669. The first-order valence-corrected chi connectivity index (χ1v) is 48.4. The molecule has 33 rings (SSSR count). The lowest BCUT2D eigenvalue weighted by atomic mass is 9.93. The Hall–Kier alpha value is -17.9. The number of benzene rings is 21. The predicted octanol–water partition coefficient (Wildman–Crippen LogP) is 34.2. The van der Waals surface area contributed by atoms with Crippen LogP contribution in [0.3, 0.4) is 0 Å². The van der Waals surface area contributed by atoms with Crippen LogP contribution in [0.5, 0.6) is 0 Å². The van der Waals surface area contributed by atoms with E-state index in [2.05, 4.69) is 372 Å². The SMILES string of the molecule is c1cc2c3c(cccc3c1)-c1cccc3c1c1c-2cccc1n3-c1nc2ccccc2nc1-c1ccc2c(c1)sc1ccccc12.c1cc2c3c(cccc3c1)-c1cccc3c1c1c-2cccc1n3-c1nc2ccccc2nc1-c1cccc2c1oc1ccccc12.c1cc2c3c(cccc3c1)-c1cccc3c1c1c-2cccc1n3-c1nc2ccccc2nc1-c1cccc2c1sc1ccccc12. The highest BCUT2D eigenvalue weighted by atomic mass is 32.1. The van der Waals surface area contributed by atoms with Crippen LogP contribution in [-0.4, -0.2) is 43.6 Å². The van der Waals surface area contributed by atoms with Crippen molar-refractivity contribution in [2.24, 2.45) is 0 Å². The summed E-state index contributed by atoms with van der Waals surface area (Å²) in [4.78, 5) is 32.3. The number of fused-ring (bicyclic) bond motifs is 18. The average molecular weight is 1790 g/mol. The molecule has 0 saturated heterocycles. The van der Waals surface area contributed by atoms with Gasteiger partial charge in [0.2, 0.25) is 0 Å². The second-order valence-electron chi connectivity index (χ2n) is 36.4. The van der Waals surface area contributed by atoms with Gasteiger partial charge in [-0.2, -0.15) is 0 Å². The predicted molar refractivity (Wildman–Crippen MR) is 577 cm³/mol. The first kappa shape index (κ1) is 75.6. The number of aromatic nitrogens is 9. The summed E-state index contributed by atoms with van der Waals surface area (Å²) in [5, 5.41) is 22.5. The van der Waals surface area contributed by atoms with Crippen molar-refractivity contribution < 1.29 is 4.42 Å². The van der Waals surface area contributed by atoms with Gasteiger partial charge in [0.25, 0.3) is 0 Å². The second kappa shape index (κ2) is 28.8. The Kier molecular flexibility index (Phi) is 15.8. The van der Waals surface area contributed by atoms with E-state index in [4.69, 9.17) is 34.3 Å². The minimum atomic E-state index is 0.785. The molecule has 0 aliphatic heterocycles. The highest BCUT2D eigenvalue weighted by Crippen LogP contribution is 2.56. The van der Waals surface area contributed by atoms with Crippen molar-refractivity contribution in [1.82, 2.24) is 43.6 Å². The third-order valence-electron chi connectivity index (χ3n) is 29.2. The van der Waals surface area contributed by atoms with Gasteiger partial charge in [-0.15, -0.1) is 22.7 Å². The second-order valence-corrected chi connectivity index (χ2v) is 38.5. The number of furan rings is 1. The quantitative estimate of drug-likeness (QED) is 0.163. The van der Waals surface area contributed by atoms with Gasteiger partial charge in [-0.3, -0.25) is 13.7 Å². The molecule has 138 heavy (non-hydrogen) atoms. The fraction of sp³-hybridized carbons (Fsp3) is 0. The van der Waals surface area contributed by atoms with Gasteiger partial charge in [0.15, 0.2) is 17.5 Å². The Morgan fingerprint density at radius 1 is 0.188 bits per heavy atom. The van der Waals surface area contributed by atoms with E-state index in [-0.39, 0.29) is 0 Å². The van der Waals surface area contributed by atoms with Crippen molar-refractivity contribution in [3.05, 3.63) is 419 Å². The van der Waals surface area contributed by atoms with Gasteiger partial charge in [0, 0.05) is 100 Å². The van der Waals surface area contributed by atoms with Crippen molar-refractivity contribution in [2.75, 3.05) is 0 Å². The van der Waals surface area contributed by atoms with Crippen LogP contribution >= 0.6 is 22.7 Å². The maximum absolute atomic E-state index is 6.56. The molecule has 21 aromatic carbocycles. The topological polar surface area (TPSA) is 105 Å². The maximum atomic E-state index is 6.56. The molecule has 0 atom stereocenters. The Morgan fingerprint density at radius 2 is 0.471 bits per heavy atom. The molecular formula is C126H69N9OS2. The van der Waals surface area contributed by atoms with Crippen LogP contribution in [0.1, 0.15) is 0 Å². The summed E-state index contributed by atoms with van der Waals surface area (Å²) in [6.07, 6.45) is 0. The third-order valence-corrected chi connectivity index (χ3v) is 31.5. The fourth-order valence-electron chi connectivity index (χ4n) is 23.5. The van der Waals surface area contributed by atoms with Gasteiger partial charge < -0.3 is 4.42 Å². The van der Waals surface area contributed by atoms with Gasteiger partial charge in [-0.25, -0.2) is 29.9 Å². The standard InChI is InChI=1S/C42H23N3O.2C42H23N3S/c2*1-4-23-36-25(12-1)30-17-7-18-31(41(30)46-36)40-42(44-33-20-3-2-19-32(33)43-40)45-34-21-8-15-28-26-13-5-10-24-11-6-14-27(37(24)26)29-16-9-22-35(45)39(29)38(28)34;1-4-20-36-26(11-1)27-22-21-25(23-37(27)46-36)41-42(44-33-17-3-2-16-32(33)43-41)45-34-18-7-14-30-28-12-5-9-24-10-6-13-29(38(24)28)31-15-8-19-35(45)40(31)39(30)34/h3*1-23H. The van der Waals surface area contributed by atoms with Crippen molar-refractivity contribution in [3.63, 3.8) is 0 Å². The Morgan fingerprint density at radius 3 is 0.884 bits per heavy atom. The van der Waals surface area contributed by atoms with E-state index in [1.165, 1.54) is 172 Å². The zero-order valence-electron chi connectivity index (χ0n) is 73.6. The zero-order valence-corrected chi connectivity index (χ0v) is 75.2. The van der Waals surface area contributed by atoms with Crippen LogP contribution in [-0.2, 0) is 0 Å². The van der Waals surface area contributed by atoms with E-state index >= 15 is 0 Å². The average Bonchev–Trinajstić information content (AvgIpc) is 1.54. The van der Waals surface area contributed by atoms with Crippen molar-refractivity contribution in [1.29, 1.82) is 0 Å². The Bertz CT molecular complexity index is 10000. The number of hydrogen-bond acceptors (Lipinski definition) is 9. The summed E-state index contributed by atoms with van der Waals surface area (Å²) in [6.45, 7) is 0. The number of rotatable bonds is 6. The number of nitrogens with zero attached hydrogens (tertiary/aromatic N) is 9. The molecule has 0 saturated carbocycles. The minimum absolute atomic E-state index is 0.785. The first-order chi connectivity index (χ1) is 68.5. The number of thiophene rings is 2. The summed E-state index contributed by atoms with van der Waals surface area (Å²) < 4.78 is 18.7. The molecule has 10 nitrogen and oxygen atoms in total. The Balaban J connectivity index is 0.0000000959. The zero-order chi connectivity index (χ0) is 89.8. The van der Waals surface area contributed by atoms with Gasteiger partial charge in [0.1, 0.15) is 28.2 Å². The maximum Gasteiger partial charge on any atom is 0.165 e. The highest BCUT2D eigenvalue weighted by Gasteiger charge is 2.33. The number of hydrogen-bond donors (Lipinski definition) is 0. The highest BCUT2D eigenvalue weighted by molar-refractivity contribution is 7.26. The molecule has 3 aliphatic carbocycles. The lowest BCUT2D eigenvalue weighted by Crippen LogP contribution is -2.04. The summed E-state index contributed by atoms with van der Waals surface area (Å²) in [7, 11) is 0. The van der Waals surface area contributed by atoms with E-state index in [0.717, 1.165) is 139 Å². The van der Waals surface area contributed by atoms with Crippen LogP contribution < -0.4 is 0 Å². The molecule has 30 aromatic rings. The molecule has 0 spiro atoms. The first-order valence-electron chi connectivity index (χ1n) is 46.8. The molecule has 9 aromatic heterocycles. The lowest BCUT2D eigenvalue weighted by Gasteiger charge is -2.16. The summed E-state index contributed by atoms with van der Waals surface area (Å²) in [5.74, 6) is 2.48. The molecule has 0 amide bonds. The van der Waals surface area contributed by atoms with E-state index in [1.54, 1.807) is 0 Å². The molecular weight excluding hydrogens is 1720 g/mol. The molecule has 9 heterocycles.